The molecule has 0 amide bonds. The van der Waals surface area contributed by atoms with Crippen LogP contribution in [0.15, 0.2) is 103 Å². The Morgan fingerprint density at radius 2 is 1.26 bits per heavy atom. The van der Waals surface area contributed by atoms with E-state index in [0.717, 1.165) is 27.9 Å². The van der Waals surface area contributed by atoms with Gasteiger partial charge in [0.15, 0.2) is 0 Å². The minimum absolute atomic E-state index is 0.464. The topological polar surface area (TPSA) is 20.2 Å². The molecule has 120 valence electrons. The smallest absolute Gasteiger partial charge is 0.120 e. The van der Waals surface area contributed by atoms with Gasteiger partial charge in [-0.05, 0) is 27.9 Å². The first kappa shape index (κ1) is 18.7. The molecule has 0 fully saturated rings. The van der Waals surface area contributed by atoms with Gasteiger partial charge in [0.1, 0.15) is 5.60 Å². The van der Waals surface area contributed by atoms with E-state index in [0.29, 0.717) is 6.42 Å². The number of aliphatic hydroxyl groups is 1. The second-order valence-corrected chi connectivity index (χ2v) is 4.99. The molecule has 1 N–H and O–H groups in total. The maximum atomic E-state index is 11.3. The Labute approximate surface area is 140 Å². The zero-order chi connectivity index (χ0) is 17.5. The second kappa shape index (κ2) is 8.30. The van der Waals surface area contributed by atoms with E-state index in [1.54, 1.807) is 24.3 Å². The van der Waals surface area contributed by atoms with Crippen LogP contribution in [0, 0.1) is 0 Å². The minimum atomic E-state index is -1.14. The first-order chi connectivity index (χ1) is 11.1. The lowest BCUT2D eigenvalue weighted by Gasteiger charge is -2.28. The van der Waals surface area contributed by atoms with Crippen LogP contribution in [0.2, 0.25) is 0 Å². The van der Waals surface area contributed by atoms with Crippen molar-refractivity contribution < 1.29 is 5.11 Å². The lowest BCUT2D eigenvalue weighted by Crippen LogP contribution is -2.33. The van der Waals surface area contributed by atoms with E-state index in [1.165, 1.54) is 0 Å². The van der Waals surface area contributed by atoms with Gasteiger partial charge in [-0.3, -0.25) is 0 Å². The van der Waals surface area contributed by atoms with E-state index in [2.05, 4.69) is 26.3 Å². The molecule has 0 bridgehead atoms. The zero-order valence-corrected chi connectivity index (χ0v) is 14.2. The van der Waals surface area contributed by atoms with Crippen LogP contribution in [-0.2, 0) is 6.42 Å². The first-order valence-corrected chi connectivity index (χ1v) is 7.88. The molecule has 0 radical (unpaired) electrons. The summed E-state index contributed by atoms with van der Waals surface area (Å²) in [7, 11) is 0. The fourth-order valence-corrected chi connectivity index (χ4v) is 2.96. The summed E-state index contributed by atoms with van der Waals surface area (Å²) < 4.78 is 0. The van der Waals surface area contributed by atoms with Crippen molar-refractivity contribution in [3.63, 3.8) is 0 Å². The summed E-state index contributed by atoms with van der Waals surface area (Å²) in [5, 5.41) is 11.3. The van der Waals surface area contributed by atoms with Crippen LogP contribution >= 0.6 is 0 Å². The second-order valence-electron chi connectivity index (χ2n) is 4.99. The third-order valence-electron chi connectivity index (χ3n) is 3.88. The quantitative estimate of drug-likeness (QED) is 0.752. The third kappa shape index (κ3) is 3.35. The highest BCUT2D eigenvalue weighted by molar-refractivity contribution is 5.68. The van der Waals surface area contributed by atoms with Gasteiger partial charge < -0.3 is 5.11 Å². The summed E-state index contributed by atoms with van der Waals surface area (Å²) in [6.45, 7) is 19.4. The van der Waals surface area contributed by atoms with Crippen molar-refractivity contribution in [2.45, 2.75) is 25.9 Å². The van der Waals surface area contributed by atoms with Crippen LogP contribution in [-0.4, -0.2) is 10.7 Å². The highest BCUT2D eigenvalue weighted by Gasteiger charge is 2.41. The van der Waals surface area contributed by atoms with Crippen molar-refractivity contribution in [1.82, 2.24) is 0 Å². The van der Waals surface area contributed by atoms with Gasteiger partial charge in [-0.2, -0.15) is 0 Å². The van der Waals surface area contributed by atoms with Crippen LogP contribution in [0.25, 0.3) is 0 Å². The molecule has 1 heteroatoms. The number of hydrogen-bond donors (Lipinski definition) is 1. The lowest BCUT2D eigenvalue weighted by atomic mass is 9.83. The highest BCUT2D eigenvalue weighted by atomic mass is 16.3. The summed E-state index contributed by atoms with van der Waals surface area (Å²) in [4.78, 5) is 0. The normalized spacial score (nSPS) is 15.6. The molecule has 1 aromatic rings. The van der Waals surface area contributed by atoms with Crippen molar-refractivity contribution in [1.29, 1.82) is 0 Å². The SMILES string of the molecule is C=CC1=C(C=C)C(O)(Cc2ccccc2)C(C=C)=C1C=C.CC. The molecule has 0 spiro atoms. The van der Waals surface area contributed by atoms with Gasteiger partial charge in [-0.15, -0.1) is 0 Å². The molecular formula is C22H26O. The number of hydrogen-bond acceptors (Lipinski definition) is 1. The molecule has 1 aromatic carbocycles. The van der Waals surface area contributed by atoms with Crippen molar-refractivity contribution in [3.05, 3.63) is 109 Å². The van der Waals surface area contributed by atoms with Crippen molar-refractivity contribution in [2.24, 2.45) is 0 Å². The molecule has 0 heterocycles. The van der Waals surface area contributed by atoms with Crippen LogP contribution < -0.4 is 0 Å². The molecule has 1 aliphatic carbocycles. The van der Waals surface area contributed by atoms with Gasteiger partial charge in [0.05, 0.1) is 0 Å². The monoisotopic (exact) mass is 306 g/mol. The molecule has 2 rings (SSSR count). The fourth-order valence-electron chi connectivity index (χ4n) is 2.96. The molecule has 0 aliphatic heterocycles. The van der Waals surface area contributed by atoms with E-state index in [1.807, 2.05) is 44.2 Å². The number of benzene rings is 1. The van der Waals surface area contributed by atoms with E-state index < -0.39 is 5.60 Å². The third-order valence-corrected chi connectivity index (χ3v) is 3.88. The van der Waals surface area contributed by atoms with Crippen LogP contribution in [0.1, 0.15) is 19.4 Å². The van der Waals surface area contributed by atoms with E-state index >= 15 is 0 Å². The van der Waals surface area contributed by atoms with Gasteiger partial charge in [-0.1, -0.05) is 94.8 Å². The Morgan fingerprint density at radius 1 is 0.826 bits per heavy atom. The molecule has 1 nitrogen and oxygen atoms in total. The summed E-state index contributed by atoms with van der Waals surface area (Å²) in [6.07, 6.45) is 7.33. The molecule has 23 heavy (non-hydrogen) atoms. The van der Waals surface area contributed by atoms with Crippen LogP contribution in [0.3, 0.4) is 0 Å². The number of rotatable bonds is 6. The first-order valence-electron chi connectivity index (χ1n) is 7.88. The van der Waals surface area contributed by atoms with Crippen molar-refractivity contribution >= 4 is 0 Å². The Hall–Kier alpha value is -2.38. The zero-order valence-electron chi connectivity index (χ0n) is 14.2. The maximum Gasteiger partial charge on any atom is 0.120 e. The maximum absolute atomic E-state index is 11.3. The summed E-state index contributed by atoms with van der Waals surface area (Å²) in [5.41, 5.74) is 3.16. The largest absolute Gasteiger partial charge is 0.380 e. The molecule has 0 saturated carbocycles. The van der Waals surface area contributed by atoms with Gasteiger partial charge in [0, 0.05) is 6.42 Å². The standard InChI is InChI=1S/C20H20O.C2H6/c1-5-16-17(6-2)19(8-4)20(21,18(16)7-3)14-15-12-10-9-11-13-15;1-2/h5-13,21H,1-4,14H2;1-2H3. The van der Waals surface area contributed by atoms with Gasteiger partial charge >= 0.3 is 0 Å². The van der Waals surface area contributed by atoms with Gasteiger partial charge in [-0.25, -0.2) is 0 Å². The van der Waals surface area contributed by atoms with E-state index in [-0.39, 0.29) is 0 Å². The summed E-state index contributed by atoms with van der Waals surface area (Å²) in [6, 6.07) is 9.88. The molecule has 0 atom stereocenters. The van der Waals surface area contributed by atoms with Gasteiger partial charge in [0.2, 0.25) is 0 Å². The Bertz CT molecular complexity index is 620. The average molecular weight is 306 g/mol. The Balaban J connectivity index is 0.00000127. The minimum Gasteiger partial charge on any atom is -0.380 e. The van der Waals surface area contributed by atoms with Gasteiger partial charge in [0.25, 0.3) is 0 Å². The van der Waals surface area contributed by atoms with E-state index in [4.69, 9.17) is 0 Å². The molecular weight excluding hydrogens is 280 g/mol. The highest BCUT2D eigenvalue weighted by Crippen LogP contribution is 2.44. The molecule has 1 aliphatic rings. The Morgan fingerprint density at radius 3 is 1.61 bits per heavy atom. The Kier molecular flexibility index (Phi) is 6.74. The molecule has 0 unspecified atom stereocenters. The summed E-state index contributed by atoms with van der Waals surface area (Å²) in [5.74, 6) is 0. The molecule has 0 saturated heterocycles. The van der Waals surface area contributed by atoms with Crippen LogP contribution in [0.4, 0.5) is 0 Å². The van der Waals surface area contributed by atoms with Crippen molar-refractivity contribution in [3.8, 4) is 0 Å². The average Bonchev–Trinajstić information content (AvgIpc) is 2.83. The van der Waals surface area contributed by atoms with E-state index in [9.17, 15) is 5.11 Å². The molecule has 0 aromatic heterocycles. The predicted octanol–water partition coefficient (Wildman–Crippen LogP) is 5.34. The number of allylic oxidation sites excluding steroid dienone is 4. The van der Waals surface area contributed by atoms with Crippen LogP contribution in [0.5, 0.6) is 0 Å². The lowest BCUT2D eigenvalue weighted by molar-refractivity contribution is 0.127. The van der Waals surface area contributed by atoms with Crippen molar-refractivity contribution in [2.75, 3.05) is 0 Å². The fraction of sp³-hybridized carbons (Fsp3) is 0.182. The summed E-state index contributed by atoms with van der Waals surface area (Å²) >= 11 is 0. The predicted molar refractivity (Wildman–Crippen MR) is 101 cm³/mol.